The molecule has 60 valence electrons. The Bertz CT molecular complexity index is 103. The zero-order chi connectivity index (χ0) is 8.04. The third-order valence-electron chi connectivity index (χ3n) is 1.68. The molecule has 0 spiro atoms. The van der Waals surface area contributed by atoms with Crippen LogP contribution in [0.25, 0.3) is 0 Å². The van der Waals surface area contributed by atoms with Gasteiger partial charge in [0.2, 0.25) is 0 Å². The highest BCUT2D eigenvalue weighted by atomic mass is 79.9. The van der Waals surface area contributed by atoms with Crippen molar-refractivity contribution in [1.82, 2.24) is 0 Å². The predicted molar refractivity (Wildman–Crippen MR) is 48.6 cm³/mol. The van der Waals surface area contributed by atoms with Gasteiger partial charge in [-0.3, -0.25) is 0 Å². The van der Waals surface area contributed by atoms with Gasteiger partial charge in [0, 0.05) is 19.0 Å². The van der Waals surface area contributed by atoms with E-state index in [1.165, 1.54) is 0 Å². The highest BCUT2D eigenvalue weighted by molar-refractivity contribution is 9.09. The van der Waals surface area contributed by atoms with E-state index in [0.29, 0.717) is 0 Å². The molecule has 10 heavy (non-hydrogen) atoms. The highest BCUT2D eigenvalue weighted by Gasteiger charge is 2.17. The molecule has 0 saturated carbocycles. The molecular formula is C8H15BrO. The average Bonchev–Trinajstić information content (AvgIpc) is 2.00. The van der Waals surface area contributed by atoms with Crippen LogP contribution in [-0.4, -0.2) is 19.0 Å². The summed E-state index contributed by atoms with van der Waals surface area (Å²) in [7, 11) is 1.72. The highest BCUT2D eigenvalue weighted by Crippen LogP contribution is 2.24. The summed E-state index contributed by atoms with van der Waals surface area (Å²) in [6.07, 6.45) is 3.00. The van der Waals surface area contributed by atoms with E-state index in [1.807, 2.05) is 6.08 Å². The van der Waals surface area contributed by atoms with Gasteiger partial charge >= 0.3 is 0 Å². The molecule has 0 aromatic carbocycles. The molecule has 1 nitrogen and oxygen atoms in total. The van der Waals surface area contributed by atoms with Crippen molar-refractivity contribution in [3.8, 4) is 0 Å². The zero-order valence-corrected chi connectivity index (χ0v) is 8.28. The number of ether oxygens (including phenoxy) is 1. The molecular weight excluding hydrogens is 192 g/mol. The van der Waals surface area contributed by atoms with Crippen LogP contribution < -0.4 is 0 Å². The van der Waals surface area contributed by atoms with Crippen LogP contribution in [0, 0.1) is 5.41 Å². The second-order valence-corrected chi connectivity index (χ2v) is 3.30. The van der Waals surface area contributed by atoms with Gasteiger partial charge in [0.05, 0.1) is 0 Å². The van der Waals surface area contributed by atoms with Crippen molar-refractivity contribution in [2.75, 3.05) is 19.0 Å². The fourth-order valence-electron chi connectivity index (χ4n) is 0.559. The molecule has 0 aliphatic heterocycles. The maximum absolute atomic E-state index is 4.97. The molecule has 0 aliphatic rings. The molecule has 0 aromatic rings. The molecule has 0 N–H and O–H groups in total. The maximum atomic E-state index is 4.97. The van der Waals surface area contributed by atoms with Gasteiger partial charge < -0.3 is 4.74 Å². The lowest BCUT2D eigenvalue weighted by molar-refractivity contribution is 0.170. The molecule has 1 unspecified atom stereocenters. The topological polar surface area (TPSA) is 9.23 Å². The van der Waals surface area contributed by atoms with Crippen molar-refractivity contribution >= 4 is 15.9 Å². The standard InChI is InChI=1S/C8H15BrO/c1-4-8(2,7-9)5-6-10-3/h4H,1,5-7H2,2-3H3. The summed E-state index contributed by atoms with van der Waals surface area (Å²) in [5.74, 6) is 0. The van der Waals surface area contributed by atoms with E-state index in [4.69, 9.17) is 4.74 Å². The van der Waals surface area contributed by atoms with Gasteiger partial charge in [-0.25, -0.2) is 0 Å². The minimum Gasteiger partial charge on any atom is -0.385 e. The van der Waals surface area contributed by atoms with Gasteiger partial charge in [-0.15, -0.1) is 6.58 Å². The number of alkyl halides is 1. The van der Waals surface area contributed by atoms with Crippen LogP contribution >= 0.6 is 15.9 Å². The van der Waals surface area contributed by atoms with Crippen LogP contribution in [0.2, 0.25) is 0 Å². The lowest BCUT2D eigenvalue weighted by atomic mass is 9.90. The largest absolute Gasteiger partial charge is 0.385 e. The molecule has 0 radical (unpaired) electrons. The van der Waals surface area contributed by atoms with Crippen molar-refractivity contribution in [1.29, 1.82) is 0 Å². The van der Waals surface area contributed by atoms with Crippen molar-refractivity contribution in [3.05, 3.63) is 12.7 Å². The molecule has 2 heteroatoms. The van der Waals surface area contributed by atoms with E-state index in [9.17, 15) is 0 Å². The third kappa shape index (κ3) is 3.37. The first-order valence-corrected chi connectivity index (χ1v) is 4.49. The fourth-order valence-corrected chi connectivity index (χ4v) is 1.07. The number of allylic oxidation sites excluding steroid dienone is 1. The first kappa shape index (κ1) is 10.2. The SMILES string of the molecule is C=CC(C)(CBr)CCOC. The van der Waals surface area contributed by atoms with Gasteiger partial charge in [-0.1, -0.05) is 28.9 Å². The lowest BCUT2D eigenvalue weighted by Gasteiger charge is -2.21. The average molecular weight is 207 g/mol. The fraction of sp³-hybridized carbons (Fsp3) is 0.750. The Morgan fingerprint density at radius 2 is 2.30 bits per heavy atom. The predicted octanol–water partition coefficient (Wildman–Crippen LogP) is 2.61. The van der Waals surface area contributed by atoms with Crippen LogP contribution in [0.1, 0.15) is 13.3 Å². The Hall–Kier alpha value is 0.180. The van der Waals surface area contributed by atoms with Crippen molar-refractivity contribution in [2.45, 2.75) is 13.3 Å². The smallest absolute Gasteiger partial charge is 0.0470 e. The van der Waals surface area contributed by atoms with E-state index in [2.05, 4.69) is 29.4 Å². The lowest BCUT2D eigenvalue weighted by Crippen LogP contribution is -2.16. The van der Waals surface area contributed by atoms with Crippen LogP contribution in [0.15, 0.2) is 12.7 Å². The number of rotatable bonds is 5. The first-order valence-electron chi connectivity index (χ1n) is 3.37. The van der Waals surface area contributed by atoms with Crippen molar-refractivity contribution < 1.29 is 4.74 Å². The van der Waals surface area contributed by atoms with Crippen LogP contribution in [-0.2, 0) is 4.74 Å². The third-order valence-corrected chi connectivity index (χ3v) is 2.96. The molecule has 0 aromatic heterocycles. The number of methoxy groups -OCH3 is 1. The zero-order valence-electron chi connectivity index (χ0n) is 6.69. The molecule has 0 aliphatic carbocycles. The molecule has 0 rings (SSSR count). The molecule has 0 heterocycles. The maximum Gasteiger partial charge on any atom is 0.0470 e. The summed E-state index contributed by atoms with van der Waals surface area (Å²) in [4.78, 5) is 0. The summed E-state index contributed by atoms with van der Waals surface area (Å²) >= 11 is 3.44. The molecule has 0 fully saturated rings. The van der Waals surface area contributed by atoms with Crippen LogP contribution in [0.3, 0.4) is 0 Å². The van der Waals surface area contributed by atoms with E-state index >= 15 is 0 Å². The first-order chi connectivity index (χ1) is 4.68. The normalized spacial score (nSPS) is 16.3. The summed E-state index contributed by atoms with van der Waals surface area (Å²) in [6.45, 7) is 6.73. The Morgan fingerprint density at radius 3 is 2.60 bits per heavy atom. The number of hydrogen-bond donors (Lipinski definition) is 0. The summed E-state index contributed by atoms with van der Waals surface area (Å²) in [5.41, 5.74) is 0.190. The Labute approximate surface area is 71.6 Å². The molecule has 1 atom stereocenters. The Morgan fingerprint density at radius 1 is 1.70 bits per heavy atom. The molecule has 0 saturated heterocycles. The number of halogens is 1. The molecule has 0 bridgehead atoms. The summed E-state index contributed by atoms with van der Waals surface area (Å²) < 4.78 is 4.97. The minimum atomic E-state index is 0.190. The Balaban J connectivity index is 3.68. The molecule has 0 amide bonds. The van der Waals surface area contributed by atoms with Crippen molar-refractivity contribution in [2.24, 2.45) is 5.41 Å². The van der Waals surface area contributed by atoms with Crippen molar-refractivity contribution in [3.63, 3.8) is 0 Å². The van der Waals surface area contributed by atoms with Gasteiger partial charge in [0.25, 0.3) is 0 Å². The van der Waals surface area contributed by atoms with Gasteiger partial charge in [0.1, 0.15) is 0 Å². The number of hydrogen-bond acceptors (Lipinski definition) is 1. The quantitative estimate of drug-likeness (QED) is 0.497. The monoisotopic (exact) mass is 206 g/mol. The van der Waals surface area contributed by atoms with Crippen LogP contribution in [0.5, 0.6) is 0 Å². The summed E-state index contributed by atoms with van der Waals surface area (Å²) in [5, 5.41) is 0.951. The second-order valence-electron chi connectivity index (χ2n) is 2.73. The van der Waals surface area contributed by atoms with E-state index in [0.717, 1.165) is 18.4 Å². The van der Waals surface area contributed by atoms with Gasteiger partial charge in [-0.2, -0.15) is 0 Å². The van der Waals surface area contributed by atoms with Gasteiger partial charge in [0.15, 0.2) is 0 Å². The van der Waals surface area contributed by atoms with E-state index in [1.54, 1.807) is 7.11 Å². The second kappa shape index (κ2) is 4.91. The summed E-state index contributed by atoms with van der Waals surface area (Å²) in [6, 6.07) is 0. The van der Waals surface area contributed by atoms with E-state index < -0.39 is 0 Å². The van der Waals surface area contributed by atoms with Crippen LogP contribution in [0.4, 0.5) is 0 Å². The Kier molecular flexibility index (Phi) is 5.00. The van der Waals surface area contributed by atoms with E-state index in [-0.39, 0.29) is 5.41 Å². The van der Waals surface area contributed by atoms with Gasteiger partial charge in [-0.05, 0) is 11.8 Å². The minimum absolute atomic E-state index is 0.190.